The van der Waals surface area contributed by atoms with E-state index in [0.717, 1.165) is 16.7 Å². The smallest absolute Gasteiger partial charge is 0.319 e. The van der Waals surface area contributed by atoms with Gasteiger partial charge in [0.05, 0.1) is 11.7 Å². The molecule has 0 aliphatic carbocycles. The van der Waals surface area contributed by atoms with Gasteiger partial charge in [-0.05, 0) is 57.4 Å². The van der Waals surface area contributed by atoms with Crippen LogP contribution in [-0.2, 0) is 12.0 Å². The van der Waals surface area contributed by atoms with Gasteiger partial charge in [0, 0.05) is 12.1 Å². The van der Waals surface area contributed by atoms with Crippen molar-refractivity contribution < 1.29 is 14.1 Å². The Kier molecular flexibility index (Phi) is 6.36. The minimum atomic E-state index is -0.394. The van der Waals surface area contributed by atoms with Crippen molar-refractivity contribution in [3.8, 4) is 22.9 Å². The van der Waals surface area contributed by atoms with Crippen molar-refractivity contribution in [3.63, 3.8) is 0 Å². The maximum atomic E-state index is 13.2. The first-order valence-electron chi connectivity index (χ1n) is 11.0. The lowest BCUT2D eigenvalue weighted by Gasteiger charge is -2.22. The highest BCUT2D eigenvalue weighted by Crippen LogP contribution is 2.29. The van der Waals surface area contributed by atoms with Crippen LogP contribution in [0.15, 0.2) is 59.3 Å². The number of carbonyl (C=O) groups is 1. The molecular weight excluding hydrogens is 432 g/mol. The minimum absolute atomic E-state index is 0.0297. The fourth-order valence-electron chi connectivity index (χ4n) is 3.51. The van der Waals surface area contributed by atoms with Crippen molar-refractivity contribution in [2.45, 2.75) is 39.7 Å². The Bertz CT molecular complexity index is 1280. The average molecular weight is 461 g/mol. The molecular formula is C25H28N6O3. The maximum Gasteiger partial charge on any atom is 0.319 e. The number of ether oxygens (including phenoxy) is 1. The van der Waals surface area contributed by atoms with E-state index in [1.54, 1.807) is 10.9 Å². The number of amides is 1. The van der Waals surface area contributed by atoms with E-state index in [0.29, 0.717) is 36.0 Å². The molecule has 176 valence electrons. The highest BCUT2D eigenvalue weighted by atomic mass is 16.5. The first kappa shape index (κ1) is 23.0. The summed E-state index contributed by atoms with van der Waals surface area (Å²) in [6, 6.07) is 15.4. The Balaban J connectivity index is 1.45. The van der Waals surface area contributed by atoms with Crippen LogP contribution in [0, 0.1) is 6.92 Å². The van der Waals surface area contributed by atoms with Crippen LogP contribution < -0.4 is 15.8 Å². The molecule has 0 spiro atoms. The quantitative estimate of drug-likeness (QED) is 0.421. The Labute approximate surface area is 197 Å². The SMILES string of the molecule is Cc1cccc(Oc2cnn(C(C)(C)C)c2C(=O)NCCc2ccc(-c3noc(N)n3)cc2)c1. The van der Waals surface area contributed by atoms with Crippen LogP contribution in [-0.4, -0.2) is 32.4 Å². The molecule has 34 heavy (non-hydrogen) atoms. The van der Waals surface area contributed by atoms with E-state index in [2.05, 4.69) is 20.6 Å². The van der Waals surface area contributed by atoms with E-state index in [9.17, 15) is 4.79 Å². The molecule has 0 saturated heterocycles. The molecule has 2 aromatic heterocycles. The van der Waals surface area contributed by atoms with E-state index in [1.807, 2.05) is 76.2 Å². The van der Waals surface area contributed by atoms with Gasteiger partial charge in [-0.3, -0.25) is 9.48 Å². The van der Waals surface area contributed by atoms with E-state index in [-0.39, 0.29) is 11.9 Å². The molecule has 3 N–H and O–H groups in total. The topological polar surface area (TPSA) is 121 Å². The second-order valence-corrected chi connectivity index (χ2v) is 9.02. The maximum absolute atomic E-state index is 13.2. The summed E-state index contributed by atoms with van der Waals surface area (Å²) in [5, 5.41) is 11.2. The summed E-state index contributed by atoms with van der Waals surface area (Å²) in [4.78, 5) is 17.2. The predicted octanol–water partition coefficient (Wildman–Crippen LogP) is 4.34. The molecule has 0 fully saturated rings. The molecule has 0 aliphatic rings. The van der Waals surface area contributed by atoms with Crippen LogP contribution in [0.2, 0.25) is 0 Å². The molecule has 9 nitrogen and oxygen atoms in total. The Morgan fingerprint density at radius 3 is 2.59 bits per heavy atom. The summed E-state index contributed by atoms with van der Waals surface area (Å²) in [6.45, 7) is 8.42. The van der Waals surface area contributed by atoms with Crippen molar-refractivity contribution in [1.82, 2.24) is 25.2 Å². The van der Waals surface area contributed by atoms with E-state index >= 15 is 0 Å². The number of nitrogens with zero attached hydrogens (tertiary/aromatic N) is 4. The van der Waals surface area contributed by atoms with Gasteiger partial charge in [0.15, 0.2) is 11.4 Å². The van der Waals surface area contributed by atoms with Gasteiger partial charge < -0.3 is 20.3 Å². The zero-order valence-electron chi connectivity index (χ0n) is 19.7. The first-order valence-corrected chi connectivity index (χ1v) is 11.0. The van der Waals surface area contributed by atoms with Gasteiger partial charge in [0.25, 0.3) is 5.91 Å². The molecule has 9 heteroatoms. The van der Waals surface area contributed by atoms with Crippen LogP contribution >= 0.6 is 0 Å². The van der Waals surface area contributed by atoms with Crippen LogP contribution in [0.3, 0.4) is 0 Å². The van der Waals surface area contributed by atoms with Crippen molar-refractivity contribution in [3.05, 3.63) is 71.5 Å². The molecule has 0 bridgehead atoms. The molecule has 4 rings (SSSR count). The van der Waals surface area contributed by atoms with Gasteiger partial charge in [-0.2, -0.15) is 10.1 Å². The summed E-state index contributed by atoms with van der Waals surface area (Å²) >= 11 is 0. The van der Waals surface area contributed by atoms with Crippen molar-refractivity contribution in [1.29, 1.82) is 0 Å². The third-order valence-corrected chi connectivity index (χ3v) is 5.16. The van der Waals surface area contributed by atoms with E-state index in [4.69, 9.17) is 15.0 Å². The van der Waals surface area contributed by atoms with Crippen molar-refractivity contribution >= 4 is 11.9 Å². The second kappa shape index (κ2) is 9.38. The van der Waals surface area contributed by atoms with Gasteiger partial charge in [-0.1, -0.05) is 41.6 Å². The Morgan fingerprint density at radius 2 is 1.94 bits per heavy atom. The summed E-state index contributed by atoms with van der Waals surface area (Å²) in [7, 11) is 0. The molecule has 0 aliphatic heterocycles. The molecule has 0 unspecified atom stereocenters. The number of hydrogen-bond acceptors (Lipinski definition) is 7. The van der Waals surface area contributed by atoms with Gasteiger partial charge in [-0.25, -0.2) is 0 Å². The normalized spacial score (nSPS) is 11.4. The summed E-state index contributed by atoms with van der Waals surface area (Å²) in [6.07, 6.45) is 2.24. The highest BCUT2D eigenvalue weighted by molar-refractivity contribution is 5.95. The van der Waals surface area contributed by atoms with Gasteiger partial charge in [0.2, 0.25) is 5.82 Å². The predicted molar refractivity (Wildman–Crippen MR) is 129 cm³/mol. The third-order valence-electron chi connectivity index (χ3n) is 5.16. The van der Waals surface area contributed by atoms with Crippen LogP contribution in [0.1, 0.15) is 42.4 Å². The van der Waals surface area contributed by atoms with E-state index < -0.39 is 5.54 Å². The van der Waals surface area contributed by atoms with Crippen LogP contribution in [0.25, 0.3) is 11.4 Å². The number of benzene rings is 2. The largest absolute Gasteiger partial charge is 0.453 e. The fraction of sp³-hybridized carbons (Fsp3) is 0.280. The number of nitrogens with two attached hydrogens (primary N) is 1. The van der Waals surface area contributed by atoms with E-state index in [1.165, 1.54) is 0 Å². The van der Waals surface area contributed by atoms with Crippen LogP contribution in [0.4, 0.5) is 6.01 Å². The number of carbonyl (C=O) groups excluding carboxylic acids is 1. The number of anilines is 1. The molecule has 2 aromatic carbocycles. The summed E-state index contributed by atoms with van der Waals surface area (Å²) in [5.41, 5.74) is 8.41. The lowest BCUT2D eigenvalue weighted by atomic mass is 10.1. The Hall–Kier alpha value is -4.14. The van der Waals surface area contributed by atoms with Crippen molar-refractivity contribution in [2.75, 3.05) is 12.3 Å². The van der Waals surface area contributed by atoms with Crippen LogP contribution in [0.5, 0.6) is 11.5 Å². The molecule has 0 radical (unpaired) electrons. The second-order valence-electron chi connectivity index (χ2n) is 9.02. The minimum Gasteiger partial charge on any atom is -0.453 e. The number of aryl methyl sites for hydroxylation is 1. The number of nitrogen functional groups attached to an aromatic ring is 1. The third kappa shape index (κ3) is 5.25. The standard InChI is InChI=1S/C25H28N6O3/c1-16-6-5-7-19(14-16)33-20-15-28-31(25(2,3)4)21(20)23(32)27-13-12-17-8-10-18(11-9-17)22-29-24(26)34-30-22/h5-11,14-15H,12-13H2,1-4H3,(H,27,32)(H2,26,29,30). The molecule has 0 atom stereocenters. The van der Waals surface area contributed by atoms with Gasteiger partial charge in [0.1, 0.15) is 5.75 Å². The van der Waals surface area contributed by atoms with Crippen molar-refractivity contribution in [2.24, 2.45) is 0 Å². The Morgan fingerprint density at radius 1 is 1.18 bits per heavy atom. The van der Waals surface area contributed by atoms with Gasteiger partial charge >= 0.3 is 6.01 Å². The average Bonchev–Trinajstić information content (AvgIpc) is 3.40. The summed E-state index contributed by atoms with van der Waals surface area (Å²) in [5.74, 6) is 1.27. The monoisotopic (exact) mass is 460 g/mol. The highest BCUT2D eigenvalue weighted by Gasteiger charge is 2.27. The number of hydrogen-bond donors (Lipinski definition) is 2. The number of aromatic nitrogens is 4. The summed E-state index contributed by atoms with van der Waals surface area (Å²) < 4.78 is 12.5. The molecule has 4 aromatic rings. The first-order chi connectivity index (χ1) is 16.2. The zero-order chi connectivity index (χ0) is 24.3. The molecule has 0 saturated carbocycles. The zero-order valence-corrected chi connectivity index (χ0v) is 19.7. The lowest BCUT2D eigenvalue weighted by molar-refractivity contribution is 0.0933. The van der Waals surface area contributed by atoms with Gasteiger partial charge in [-0.15, -0.1) is 0 Å². The molecule has 1 amide bonds. The fourth-order valence-corrected chi connectivity index (χ4v) is 3.51. The molecule has 2 heterocycles. The lowest BCUT2D eigenvalue weighted by Crippen LogP contribution is -2.33. The number of rotatable bonds is 7. The number of nitrogens with one attached hydrogen (secondary N) is 1.